The number of hydrogen-bond donors (Lipinski definition) is 3. The van der Waals surface area contributed by atoms with Crippen molar-refractivity contribution < 1.29 is 59.9 Å². The summed E-state index contributed by atoms with van der Waals surface area (Å²) in [5, 5.41) is 34.5. The van der Waals surface area contributed by atoms with E-state index in [2.05, 4.69) is 26.1 Å². The molecule has 34 heavy (non-hydrogen) atoms. The van der Waals surface area contributed by atoms with Crippen LogP contribution in [0.1, 0.15) is 85.0 Å². The molecule has 4 aliphatic carbocycles. The predicted molar refractivity (Wildman–Crippen MR) is 123 cm³/mol. The van der Waals surface area contributed by atoms with Gasteiger partial charge in [0.05, 0.1) is 24.7 Å². The van der Waals surface area contributed by atoms with Crippen LogP contribution in [0.3, 0.4) is 0 Å². The van der Waals surface area contributed by atoms with Gasteiger partial charge in [-0.05, 0) is 104 Å². The zero-order chi connectivity index (χ0) is 23.3. The van der Waals surface area contributed by atoms with Crippen molar-refractivity contribution in [3.63, 3.8) is 0 Å². The molecule has 4 aliphatic rings. The minimum Gasteiger partial charge on any atom is -0.548 e. The van der Waals surface area contributed by atoms with Gasteiger partial charge in [0.2, 0.25) is 5.91 Å². The predicted octanol–water partition coefficient (Wildman–Crippen LogP) is -1.56. The number of aliphatic carboxylic acids is 1. The molecule has 1 amide bonds. The molecule has 0 bridgehead atoms. The molecular formula is C26H44NNaO6. The summed E-state index contributed by atoms with van der Waals surface area (Å²) in [4.78, 5) is 22.6. The molecule has 0 spiro atoms. The summed E-state index contributed by atoms with van der Waals surface area (Å²) in [5.41, 5.74) is 0.436. The standard InChI is InChI=1S/C26H43NO5.Na.H2O/c1-15(4-7-22(30)27-14-23(31)32)18-5-6-19-24-20(9-11-26(18,19)3)25(2)10-8-17(28)12-16(25)13-21(24)29;;/h15-21,24,28-29H,4-14H2,1-3H3,(H,27,30)(H,31,32);;1H2/q;+1;/p-1/t15-,16?,17-,18-,19?,20?,21-,24?,25+,26-;;/m1../s1. The summed E-state index contributed by atoms with van der Waals surface area (Å²) < 4.78 is 0. The van der Waals surface area contributed by atoms with E-state index in [1.807, 2.05) is 0 Å². The summed E-state index contributed by atoms with van der Waals surface area (Å²) in [6, 6.07) is 0. The largest absolute Gasteiger partial charge is 1.00 e. The minimum absolute atomic E-state index is 0. The van der Waals surface area contributed by atoms with Crippen LogP contribution in [-0.4, -0.2) is 46.3 Å². The summed E-state index contributed by atoms with van der Waals surface area (Å²) >= 11 is 0. The van der Waals surface area contributed by atoms with Crippen LogP contribution < -0.4 is 40.0 Å². The molecule has 4 rings (SSSR count). The Morgan fingerprint density at radius 3 is 2.35 bits per heavy atom. The third-order valence-corrected chi connectivity index (χ3v) is 10.7. The van der Waals surface area contributed by atoms with Crippen LogP contribution in [0.5, 0.6) is 0 Å². The van der Waals surface area contributed by atoms with Gasteiger partial charge in [-0.1, -0.05) is 20.8 Å². The third-order valence-electron chi connectivity index (χ3n) is 10.7. The topological polar surface area (TPSA) is 141 Å². The average Bonchev–Trinajstić information content (AvgIpc) is 3.09. The van der Waals surface area contributed by atoms with Crippen molar-refractivity contribution in [2.45, 2.75) is 97.2 Å². The molecule has 0 radical (unpaired) electrons. The van der Waals surface area contributed by atoms with Crippen molar-refractivity contribution in [2.24, 2.45) is 46.3 Å². The summed E-state index contributed by atoms with van der Waals surface area (Å²) in [6.45, 7) is 6.70. The zero-order valence-corrected chi connectivity index (χ0v) is 23.5. The molecule has 0 aliphatic heterocycles. The SMILES string of the molecule is C[C@H](CCC(=O)NCC(=O)[O-])[C@H]1CCC2C3C(CC[C@@]21C)[C@@]1(C)CC[C@@H](O)CC1C[C@H]3O.O.[Na+]. The van der Waals surface area contributed by atoms with E-state index in [1.54, 1.807) is 0 Å². The van der Waals surface area contributed by atoms with Gasteiger partial charge in [0.1, 0.15) is 0 Å². The van der Waals surface area contributed by atoms with Crippen LogP contribution in [0.15, 0.2) is 0 Å². The first kappa shape index (κ1) is 30.0. The summed E-state index contributed by atoms with van der Waals surface area (Å²) in [7, 11) is 0. The number of amides is 1. The van der Waals surface area contributed by atoms with E-state index < -0.39 is 12.5 Å². The molecule has 8 heteroatoms. The number of aliphatic hydroxyl groups excluding tert-OH is 2. The second-order valence-electron chi connectivity index (χ2n) is 12.1. The number of carbonyl (C=O) groups excluding carboxylic acids is 2. The van der Waals surface area contributed by atoms with Crippen LogP contribution in [0.25, 0.3) is 0 Å². The molecule has 0 heterocycles. The smallest absolute Gasteiger partial charge is 0.548 e. The number of carboxylic acid groups (broad SMARTS) is 1. The summed E-state index contributed by atoms with van der Waals surface area (Å²) in [6.07, 6.45) is 8.95. The van der Waals surface area contributed by atoms with E-state index >= 15 is 0 Å². The van der Waals surface area contributed by atoms with Gasteiger partial charge in [0, 0.05) is 6.42 Å². The minimum atomic E-state index is -1.26. The van der Waals surface area contributed by atoms with Crippen molar-refractivity contribution >= 4 is 11.9 Å². The molecule has 190 valence electrons. The molecule has 10 atom stereocenters. The van der Waals surface area contributed by atoms with E-state index in [-0.39, 0.29) is 64.0 Å². The molecule has 4 unspecified atom stereocenters. The van der Waals surface area contributed by atoms with E-state index in [9.17, 15) is 24.9 Å². The molecule has 0 aromatic rings. The Hall–Kier alpha value is -0.180. The van der Waals surface area contributed by atoms with Gasteiger partial charge in [-0.3, -0.25) is 4.79 Å². The maximum absolute atomic E-state index is 12.0. The molecule has 7 nitrogen and oxygen atoms in total. The van der Waals surface area contributed by atoms with Gasteiger partial charge in [0.25, 0.3) is 0 Å². The number of aliphatic hydroxyl groups is 2. The van der Waals surface area contributed by atoms with Gasteiger partial charge in [-0.25, -0.2) is 0 Å². The fourth-order valence-corrected chi connectivity index (χ4v) is 8.99. The van der Waals surface area contributed by atoms with E-state index in [0.717, 1.165) is 51.4 Å². The van der Waals surface area contributed by atoms with Crippen LogP contribution in [-0.2, 0) is 9.59 Å². The normalized spacial score (nSPS) is 43.7. The second kappa shape index (κ2) is 11.5. The number of rotatable bonds is 6. The van der Waals surface area contributed by atoms with Crippen molar-refractivity contribution in [1.29, 1.82) is 0 Å². The number of carboxylic acids is 1. The van der Waals surface area contributed by atoms with Crippen molar-refractivity contribution in [3.8, 4) is 0 Å². The maximum Gasteiger partial charge on any atom is 1.00 e. The van der Waals surface area contributed by atoms with Crippen molar-refractivity contribution in [1.82, 2.24) is 5.32 Å². The van der Waals surface area contributed by atoms with Gasteiger partial charge >= 0.3 is 29.6 Å². The zero-order valence-electron chi connectivity index (χ0n) is 21.5. The first-order valence-corrected chi connectivity index (χ1v) is 12.9. The van der Waals surface area contributed by atoms with E-state index in [4.69, 9.17) is 0 Å². The Bertz CT molecular complexity index is 736. The Kier molecular flexibility index (Phi) is 10.1. The maximum atomic E-state index is 12.0. The van der Waals surface area contributed by atoms with Crippen LogP contribution in [0, 0.1) is 46.3 Å². The fourth-order valence-electron chi connectivity index (χ4n) is 8.99. The molecule has 0 aromatic carbocycles. The molecular weight excluding hydrogens is 445 g/mol. The van der Waals surface area contributed by atoms with Crippen LogP contribution in [0.2, 0.25) is 0 Å². The Labute approximate surface area is 226 Å². The van der Waals surface area contributed by atoms with E-state index in [1.165, 1.54) is 6.42 Å². The molecule has 4 fully saturated rings. The van der Waals surface area contributed by atoms with E-state index in [0.29, 0.717) is 41.9 Å². The van der Waals surface area contributed by atoms with Crippen LogP contribution >= 0.6 is 0 Å². The molecule has 5 N–H and O–H groups in total. The summed E-state index contributed by atoms with van der Waals surface area (Å²) in [5.74, 6) is 1.31. The third kappa shape index (κ3) is 5.40. The number of nitrogens with one attached hydrogen (secondary N) is 1. The number of hydrogen-bond acceptors (Lipinski definition) is 5. The van der Waals surface area contributed by atoms with Crippen molar-refractivity contribution in [2.75, 3.05) is 6.54 Å². The fraction of sp³-hybridized carbons (Fsp3) is 0.923. The molecule has 0 saturated heterocycles. The Morgan fingerprint density at radius 2 is 1.68 bits per heavy atom. The van der Waals surface area contributed by atoms with Crippen LogP contribution in [0.4, 0.5) is 0 Å². The Morgan fingerprint density at radius 1 is 1.03 bits per heavy atom. The van der Waals surface area contributed by atoms with Gasteiger partial charge in [0.15, 0.2) is 0 Å². The Balaban J connectivity index is 0.00000204. The monoisotopic (exact) mass is 489 g/mol. The van der Waals surface area contributed by atoms with Gasteiger partial charge < -0.3 is 30.9 Å². The first-order valence-electron chi connectivity index (χ1n) is 12.9. The van der Waals surface area contributed by atoms with Gasteiger partial charge in [-0.2, -0.15) is 0 Å². The molecule has 0 aromatic heterocycles. The first-order chi connectivity index (χ1) is 15.1. The number of carbonyl (C=O) groups is 2. The quantitative estimate of drug-likeness (QED) is 0.387. The number of fused-ring (bicyclic) bond motifs is 5. The average molecular weight is 490 g/mol. The molecule has 4 saturated carbocycles. The van der Waals surface area contributed by atoms with Crippen molar-refractivity contribution in [3.05, 3.63) is 0 Å². The second-order valence-corrected chi connectivity index (χ2v) is 12.1. The van der Waals surface area contributed by atoms with Gasteiger partial charge in [-0.15, -0.1) is 0 Å².